The number of carbonyl (C=O) groups excluding carboxylic acids is 1. The number of benzene rings is 1. The summed E-state index contributed by atoms with van der Waals surface area (Å²) in [6, 6.07) is 3.67. The highest BCUT2D eigenvalue weighted by atomic mass is 35.5. The van der Waals surface area contributed by atoms with Crippen molar-refractivity contribution in [1.29, 1.82) is 0 Å². The van der Waals surface area contributed by atoms with Crippen LogP contribution in [0.15, 0.2) is 30.6 Å². The van der Waals surface area contributed by atoms with Crippen molar-refractivity contribution in [2.24, 2.45) is 5.92 Å². The van der Waals surface area contributed by atoms with E-state index in [4.69, 9.17) is 26.2 Å². The zero-order valence-electron chi connectivity index (χ0n) is 24.5. The first-order valence-electron chi connectivity index (χ1n) is 15.1. The zero-order chi connectivity index (χ0) is 31.3. The molecule has 5 rings (SSSR count). The van der Waals surface area contributed by atoms with E-state index < -0.39 is 42.4 Å². The Morgan fingerprint density at radius 2 is 1.91 bits per heavy atom. The van der Waals surface area contributed by atoms with Gasteiger partial charge in [-0.25, -0.2) is 14.4 Å². The molecule has 0 amide bonds. The number of hydrogen-bond acceptors (Lipinski definition) is 12. The van der Waals surface area contributed by atoms with Crippen LogP contribution in [0.2, 0.25) is 5.02 Å². The zero-order valence-corrected chi connectivity index (χ0v) is 25.2. The number of nitrogens with zero attached hydrogens (tertiary/aromatic N) is 4. The number of halogens is 2. The van der Waals surface area contributed by atoms with Crippen LogP contribution in [0.25, 0.3) is 0 Å². The van der Waals surface area contributed by atoms with Gasteiger partial charge in [0.15, 0.2) is 0 Å². The van der Waals surface area contributed by atoms with Gasteiger partial charge in [0.2, 0.25) is 5.95 Å². The molecule has 3 saturated heterocycles. The van der Waals surface area contributed by atoms with Gasteiger partial charge in [0.1, 0.15) is 35.7 Å². The lowest BCUT2D eigenvalue weighted by atomic mass is 9.79. The third kappa shape index (κ3) is 7.48. The molecule has 5 N–H and O–H groups in total. The van der Waals surface area contributed by atoms with Crippen molar-refractivity contribution in [3.8, 4) is 5.75 Å². The van der Waals surface area contributed by atoms with Crippen molar-refractivity contribution in [2.45, 2.75) is 61.7 Å². The van der Waals surface area contributed by atoms with Crippen LogP contribution in [0.5, 0.6) is 5.75 Å². The lowest BCUT2D eigenvalue weighted by molar-refractivity contribution is -0.251. The number of rotatable bonds is 15. The predicted molar refractivity (Wildman–Crippen MR) is 159 cm³/mol. The summed E-state index contributed by atoms with van der Waals surface area (Å²) in [6.45, 7) is 2.73. The molecule has 1 aromatic carbocycles. The third-order valence-electron chi connectivity index (χ3n) is 9.01. The molecule has 2 unspecified atom stereocenters. The number of aliphatic hydroxyl groups is 4. The first-order valence-corrected chi connectivity index (χ1v) is 15.5. The first-order chi connectivity index (χ1) is 21.2. The number of aldehydes is 1. The summed E-state index contributed by atoms with van der Waals surface area (Å²) in [4.78, 5) is 24.6. The number of aliphatic hydroxyl groups excluding tert-OH is 4. The van der Waals surface area contributed by atoms with Gasteiger partial charge >= 0.3 is 0 Å². The van der Waals surface area contributed by atoms with Crippen LogP contribution in [0.4, 0.5) is 10.3 Å². The summed E-state index contributed by atoms with van der Waals surface area (Å²) in [7, 11) is 0. The number of anilines is 1. The fourth-order valence-corrected chi connectivity index (χ4v) is 6.29. The molecule has 5 atom stereocenters. The highest BCUT2D eigenvalue weighted by molar-refractivity contribution is 6.30. The van der Waals surface area contributed by atoms with Crippen LogP contribution in [-0.4, -0.2) is 124 Å². The van der Waals surface area contributed by atoms with Gasteiger partial charge in [0.25, 0.3) is 0 Å². The molecule has 0 bridgehead atoms. The molecule has 3 aliphatic rings. The van der Waals surface area contributed by atoms with Gasteiger partial charge in [-0.15, -0.1) is 0 Å². The van der Waals surface area contributed by atoms with Crippen molar-refractivity contribution in [3.05, 3.63) is 47.0 Å². The average molecular weight is 638 g/mol. The maximum Gasteiger partial charge on any atom is 0.225 e. The van der Waals surface area contributed by atoms with Crippen LogP contribution < -0.4 is 15.0 Å². The number of likely N-dealkylation sites (tertiary alicyclic amines) is 1. The summed E-state index contributed by atoms with van der Waals surface area (Å²) in [5.41, 5.74) is -0.319. The van der Waals surface area contributed by atoms with Crippen LogP contribution in [-0.2, 0) is 9.53 Å². The minimum absolute atomic E-state index is 0.0137. The molecule has 44 heavy (non-hydrogen) atoms. The second-order valence-corrected chi connectivity index (χ2v) is 12.4. The fraction of sp³-hybridized carbons (Fsp3) is 0.633. The minimum atomic E-state index is -1.49. The van der Waals surface area contributed by atoms with E-state index in [0.29, 0.717) is 55.2 Å². The summed E-state index contributed by atoms with van der Waals surface area (Å²) >= 11 is 5.88. The van der Waals surface area contributed by atoms with E-state index in [1.165, 1.54) is 6.07 Å². The topological polar surface area (TPSA) is 161 Å². The molecule has 3 aliphatic heterocycles. The molecular weight excluding hydrogens is 597 g/mol. The van der Waals surface area contributed by atoms with Gasteiger partial charge in [0, 0.05) is 44.4 Å². The number of nitrogens with one attached hydrogen (secondary N) is 1. The second-order valence-electron chi connectivity index (χ2n) is 11.9. The largest absolute Gasteiger partial charge is 0.493 e. The number of carbonyl (C=O) groups is 1. The van der Waals surface area contributed by atoms with Crippen molar-refractivity contribution < 1.29 is 39.1 Å². The molecule has 4 heterocycles. The molecule has 12 nitrogen and oxygen atoms in total. The predicted octanol–water partition coefficient (Wildman–Crippen LogP) is 0.703. The number of hydrogen-bond donors (Lipinski definition) is 5. The van der Waals surface area contributed by atoms with Crippen molar-refractivity contribution in [1.82, 2.24) is 20.2 Å². The SMILES string of the molecule is O=CC(c1ccc(OCCCC2CCN(c3ncc(Cl)cn3)CC2)cc1F)N1CC2(C1)OCC2NC[C@H](O)[C@H](O)[C@H](O)CO. The van der Waals surface area contributed by atoms with E-state index in [9.17, 15) is 20.1 Å². The van der Waals surface area contributed by atoms with Gasteiger partial charge < -0.3 is 44.9 Å². The fourth-order valence-electron chi connectivity index (χ4n) is 6.19. The average Bonchev–Trinajstić information content (AvgIpc) is 3.00. The highest BCUT2D eigenvalue weighted by Gasteiger charge is 2.58. The maximum absolute atomic E-state index is 15.1. The molecule has 1 spiro atoms. The van der Waals surface area contributed by atoms with E-state index in [1.807, 2.05) is 4.90 Å². The number of aromatic nitrogens is 2. The Bertz CT molecular complexity index is 1230. The second kappa shape index (κ2) is 14.7. The van der Waals surface area contributed by atoms with E-state index in [0.717, 1.165) is 38.8 Å². The van der Waals surface area contributed by atoms with Crippen molar-refractivity contribution in [3.63, 3.8) is 0 Å². The molecule has 0 saturated carbocycles. The monoisotopic (exact) mass is 637 g/mol. The highest BCUT2D eigenvalue weighted by Crippen LogP contribution is 2.41. The Kier molecular flexibility index (Phi) is 11.0. The molecule has 3 fully saturated rings. The van der Waals surface area contributed by atoms with E-state index in [2.05, 4.69) is 20.2 Å². The third-order valence-corrected chi connectivity index (χ3v) is 9.20. The Balaban J connectivity index is 1.03. The van der Waals surface area contributed by atoms with Crippen molar-refractivity contribution in [2.75, 3.05) is 57.4 Å². The lowest BCUT2D eigenvalue weighted by Crippen LogP contribution is -2.79. The quantitative estimate of drug-likeness (QED) is 0.138. The summed E-state index contributed by atoms with van der Waals surface area (Å²) in [5, 5.41) is 42.0. The molecule has 14 heteroatoms. The molecule has 2 aromatic rings. The van der Waals surface area contributed by atoms with E-state index in [1.54, 1.807) is 24.5 Å². The van der Waals surface area contributed by atoms with Gasteiger partial charge in [-0.05, 0) is 37.7 Å². The molecular formula is C30H41ClFN5O7. The minimum Gasteiger partial charge on any atom is -0.493 e. The molecule has 0 radical (unpaired) electrons. The smallest absolute Gasteiger partial charge is 0.225 e. The number of piperidine rings is 1. The summed E-state index contributed by atoms with van der Waals surface area (Å²) < 4.78 is 26.7. The summed E-state index contributed by atoms with van der Waals surface area (Å²) in [6.07, 6.45) is 3.68. The van der Waals surface area contributed by atoms with Gasteiger partial charge in [-0.3, -0.25) is 4.90 Å². The van der Waals surface area contributed by atoms with Gasteiger partial charge in [-0.2, -0.15) is 0 Å². The normalized spacial score (nSPS) is 23.0. The maximum atomic E-state index is 15.1. The molecule has 242 valence electrons. The summed E-state index contributed by atoms with van der Waals surface area (Å²) in [5.74, 6) is 1.19. The number of ether oxygens (including phenoxy) is 2. The molecule has 0 aliphatic carbocycles. The Morgan fingerprint density at radius 1 is 1.18 bits per heavy atom. The Labute approximate surface area is 260 Å². The van der Waals surface area contributed by atoms with E-state index in [-0.39, 0.29) is 18.2 Å². The van der Waals surface area contributed by atoms with Crippen LogP contribution in [0, 0.1) is 11.7 Å². The van der Waals surface area contributed by atoms with Gasteiger partial charge in [-0.1, -0.05) is 17.7 Å². The lowest BCUT2D eigenvalue weighted by Gasteiger charge is -2.61. The van der Waals surface area contributed by atoms with Crippen LogP contribution in [0.3, 0.4) is 0 Å². The standard InChI is InChI=1S/C30H41ClFN5O7/c31-20-11-34-29(35-12-20)36-7-5-19(6-8-36)2-1-9-43-21-3-4-22(23(32)10-21)24(14-38)37-17-30(18-37)27(16-44-30)33-13-25(40)28(42)26(41)15-39/h3-4,10-12,14,19,24-28,33,39-42H,1-2,5-9,13,15-18H2/t24?,25-,26+,27?,28-/m0/s1. The first kappa shape index (κ1) is 32.9. The van der Waals surface area contributed by atoms with Crippen molar-refractivity contribution >= 4 is 23.8 Å². The van der Waals surface area contributed by atoms with Crippen LogP contribution in [0.1, 0.15) is 37.3 Å². The Morgan fingerprint density at radius 3 is 2.52 bits per heavy atom. The van der Waals surface area contributed by atoms with Gasteiger partial charge in [0.05, 0.1) is 55.4 Å². The van der Waals surface area contributed by atoms with E-state index >= 15 is 4.39 Å². The van der Waals surface area contributed by atoms with Crippen LogP contribution >= 0.6 is 11.6 Å². The Hall–Kier alpha value is -2.49. The molecule has 1 aromatic heterocycles.